The summed E-state index contributed by atoms with van der Waals surface area (Å²) >= 11 is 0. The topological polar surface area (TPSA) is 52.0 Å². The monoisotopic (exact) mass is 210 g/mol. The van der Waals surface area contributed by atoms with Gasteiger partial charge in [-0.25, -0.2) is 0 Å². The highest BCUT2D eigenvalue weighted by molar-refractivity contribution is 4.98. The second-order valence-electron chi connectivity index (χ2n) is 4.38. The van der Waals surface area contributed by atoms with Crippen LogP contribution in [0, 0.1) is 0 Å². The summed E-state index contributed by atoms with van der Waals surface area (Å²) in [5.41, 5.74) is 1.17. The van der Waals surface area contributed by atoms with E-state index in [0.29, 0.717) is 0 Å². The van der Waals surface area contributed by atoms with Crippen LogP contribution in [0.2, 0.25) is 0 Å². The van der Waals surface area contributed by atoms with E-state index < -0.39 is 0 Å². The van der Waals surface area contributed by atoms with Gasteiger partial charge in [-0.1, -0.05) is 5.21 Å². The fourth-order valence-corrected chi connectivity index (χ4v) is 1.83. The highest BCUT2D eigenvalue weighted by Gasteiger charge is 2.36. The van der Waals surface area contributed by atoms with Crippen LogP contribution < -0.4 is 5.32 Å². The summed E-state index contributed by atoms with van der Waals surface area (Å²) in [6, 6.07) is 0. The number of hydrogen-bond acceptors (Lipinski definition) is 4. The molecule has 1 aliphatic rings. The Labute approximate surface area is 89.8 Å². The highest BCUT2D eigenvalue weighted by atomic mass is 16.5. The van der Waals surface area contributed by atoms with Gasteiger partial charge in [0.15, 0.2) is 0 Å². The number of rotatable bonds is 3. The first kappa shape index (κ1) is 10.6. The van der Waals surface area contributed by atoms with Crippen LogP contribution in [0.15, 0.2) is 6.20 Å². The van der Waals surface area contributed by atoms with Gasteiger partial charge in [0, 0.05) is 25.7 Å². The Balaban J connectivity index is 1.96. The van der Waals surface area contributed by atoms with Crippen molar-refractivity contribution < 1.29 is 4.74 Å². The predicted octanol–water partition coefficient (Wildman–Crippen LogP) is 0.472. The Morgan fingerprint density at radius 2 is 2.53 bits per heavy atom. The highest BCUT2D eigenvalue weighted by Crippen LogP contribution is 2.25. The van der Waals surface area contributed by atoms with Gasteiger partial charge < -0.3 is 10.1 Å². The van der Waals surface area contributed by atoms with Gasteiger partial charge in [-0.3, -0.25) is 4.68 Å². The van der Waals surface area contributed by atoms with Crippen molar-refractivity contribution in [3.63, 3.8) is 0 Å². The lowest BCUT2D eigenvalue weighted by molar-refractivity contribution is 0.0879. The molecule has 1 N–H and O–H groups in total. The second kappa shape index (κ2) is 3.90. The molecule has 2 unspecified atom stereocenters. The molecular weight excluding hydrogens is 192 g/mol. The van der Waals surface area contributed by atoms with Gasteiger partial charge in [0.1, 0.15) is 0 Å². The van der Waals surface area contributed by atoms with Crippen molar-refractivity contribution in [2.45, 2.75) is 38.5 Å². The molecule has 2 heterocycles. The molecule has 1 aromatic heterocycles. The first-order valence-corrected chi connectivity index (χ1v) is 5.32. The first-order valence-electron chi connectivity index (χ1n) is 5.32. The maximum atomic E-state index is 5.57. The largest absolute Gasteiger partial charge is 0.377 e. The van der Waals surface area contributed by atoms with Crippen LogP contribution in [0.4, 0.5) is 0 Å². The number of hydrogen-bond donors (Lipinski definition) is 1. The number of nitrogens with one attached hydrogen (secondary N) is 1. The molecular formula is C10H18N4O. The van der Waals surface area contributed by atoms with E-state index in [4.69, 9.17) is 4.74 Å². The second-order valence-corrected chi connectivity index (χ2v) is 4.38. The molecule has 84 valence electrons. The Kier molecular flexibility index (Phi) is 2.75. The zero-order chi connectivity index (χ0) is 10.9. The van der Waals surface area contributed by atoms with Crippen LogP contribution >= 0.6 is 0 Å². The van der Waals surface area contributed by atoms with Crippen molar-refractivity contribution in [1.29, 1.82) is 0 Å². The van der Waals surface area contributed by atoms with Crippen molar-refractivity contribution in [3.8, 4) is 0 Å². The zero-order valence-corrected chi connectivity index (χ0v) is 9.53. The average Bonchev–Trinajstić information content (AvgIpc) is 2.73. The van der Waals surface area contributed by atoms with E-state index >= 15 is 0 Å². The molecule has 0 aliphatic carbocycles. The summed E-state index contributed by atoms with van der Waals surface area (Å²) in [6.45, 7) is 5.94. The number of nitrogens with zero attached hydrogens (tertiary/aromatic N) is 3. The van der Waals surface area contributed by atoms with E-state index in [1.807, 2.05) is 7.05 Å². The third-order valence-corrected chi connectivity index (χ3v) is 3.37. The van der Waals surface area contributed by atoms with Gasteiger partial charge in [0.25, 0.3) is 0 Å². The third-order valence-electron chi connectivity index (χ3n) is 3.37. The minimum atomic E-state index is 0.0737. The fraction of sp³-hybridized carbons (Fsp3) is 0.800. The molecule has 1 fully saturated rings. The van der Waals surface area contributed by atoms with E-state index in [0.717, 1.165) is 25.3 Å². The van der Waals surface area contributed by atoms with E-state index in [2.05, 4.69) is 29.5 Å². The molecule has 1 aromatic rings. The minimum absolute atomic E-state index is 0.0737. The summed E-state index contributed by atoms with van der Waals surface area (Å²) in [5, 5.41) is 11.3. The zero-order valence-electron chi connectivity index (χ0n) is 9.53. The summed E-state index contributed by atoms with van der Waals surface area (Å²) in [7, 11) is 1.90. The van der Waals surface area contributed by atoms with Crippen LogP contribution in [0.3, 0.4) is 0 Å². The summed E-state index contributed by atoms with van der Waals surface area (Å²) in [5.74, 6) is 0. The normalized spacial score (nSPS) is 31.0. The van der Waals surface area contributed by atoms with Crippen LogP contribution in [0.5, 0.6) is 0 Å². The molecule has 0 aromatic carbocycles. The smallest absolute Gasteiger partial charge is 0.0738 e. The lowest BCUT2D eigenvalue weighted by Crippen LogP contribution is -2.47. The van der Waals surface area contributed by atoms with E-state index in [-0.39, 0.29) is 11.6 Å². The molecule has 15 heavy (non-hydrogen) atoms. The van der Waals surface area contributed by atoms with Crippen LogP contribution in [0.1, 0.15) is 26.0 Å². The standard InChI is InChI=1S/C10H18N4O/c1-8-10(2,4-5-15-8)11-6-9-7-12-13-14(9)3/h7-8,11H,4-6H2,1-3H3. The summed E-state index contributed by atoms with van der Waals surface area (Å²) in [4.78, 5) is 0. The van der Waals surface area contributed by atoms with Gasteiger partial charge in [-0.2, -0.15) is 0 Å². The van der Waals surface area contributed by atoms with Crippen LogP contribution in [0.25, 0.3) is 0 Å². The minimum Gasteiger partial charge on any atom is -0.377 e. The van der Waals surface area contributed by atoms with Crippen molar-refractivity contribution >= 4 is 0 Å². The number of aromatic nitrogens is 3. The molecule has 5 heteroatoms. The van der Waals surface area contributed by atoms with Gasteiger partial charge in [0.2, 0.25) is 0 Å². The quantitative estimate of drug-likeness (QED) is 0.788. The lowest BCUT2D eigenvalue weighted by atomic mass is 9.95. The maximum absolute atomic E-state index is 5.57. The molecule has 0 saturated carbocycles. The Bertz CT molecular complexity index is 338. The van der Waals surface area contributed by atoms with Crippen molar-refractivity contribution in [3.05, 3.63) is 11.9 Å². The third kappa shape index (κ3) is 2.03. The van der Waals surface area contributed by atoms with Crippen molar-refractivity contribution in [2.75, 3.05) is 6.61 Å². The van der Waals surface area contributed by atoms with Crippen molar-refractivity contribution in [1.82, 2.24) is 20.3 Å². The number of ether oxygens (including phenoxy) is 1. The Hall–Kier alpha value is -0.940. The van der Waals surface area contributed by atoms with Crippen LogP contribution in [-0.2, 0) is 18.3 Å². The van der Waals surface area contributed by atoms with E-state index in [1.54, 1.807) is 10.9 Å². The van der Waals surface area contributed by atoms with Crippen molar-refractivity contribution in [2.24, 2.45) is 7.05 Å². The Morgan fingerprint density at radius 3 is 3.07 bits per heavy atom. The van der Waals surface area contributed by atoms with Gasteiger partial charge in [-0.15, -0.1) is 5.10 Å². The predicted molar refractivity (Wildman–Crippen MR) is 56.3 cm³/mol. The summed E-state index contributed by atoms with van der Waals surface area (Å²) in [6.07, 6.45) is 3.11. The molecule has 2 rings (SSSR count). The first-order chi connectivity index (χ1) is 7.12. The molecule has 0 bridgehead atoms. The van der Waals surface area contributed by atoms with Gasteiger partial charge in [0.05, 0.1) is 18.0 Å². The molecule has 0 amide bonds. The van der Waals surface area contributed by atoms with Crippen LogP contribution in [-0.4, -0.2) is 33.2 Å². The molecule has 0 radical (unpaired) electrons. The molecule has 1 saturated heterocycles. The lowest BCUT2D eigenvalue weighted by Gasteiger charge is -2.28. The van der Waals surface area contributed by atoms with Gasteiger partial charge >= 0.3 is 0 Å². The molecule has 1 aliphatic heterocycles. The fourth-order valence-electron chi connectivity index (χ4n) is 1.83. The van der Waals surface area contributed by atoms with Gasteiger partial charge in [-0.05, 0) is 20.3 Å². The summed E-state index contributed by atoms with van der Waals surface area (Å²) < 4.78 is 7.36. The SMILES string of the molecule is CC1OCCC1(C)NCc1cnnn1C. The average molecular weight is 210 g/mol. The van der Waals surface area contributed by atoms with E-state index in [9.17, 15) is 0 Å². The molecule has 5 nitrogen and oxygen atoms in total. The number of aryl methyl sites for hydroxylation is 1. The van der Waals surface area contributed by atoms with E-state index in [1.165, 1.54) is 0 Å². The molecule has 0 spiro atoms. The Morgan fingerprint density at radius 1 is 1.73 bits per heavy atom. The molecule has 2 atom stereocenters. The maximum Gasteiger partial charge on any atom is 0.0738 e.